The van der Waals surface area contributed by atoms with Crippen LogP contribution in [0.5, 0.6) is 0 Å². The number of benzene rings is 1. The summed E-state index contributed by atoms with van der Waals surface area (Å²) in [7, 11) is 0. The van der Waals surface area contributed by atoms with E-state index in [0.29, 0.717) is 24.3 Å². The van der Waals surface area contributed by atoms with Crippen molar-refractivity contribution < 1.29 is 9.32 Å². The normalized spacial score (nSPS) is 10.4. The number of hydrogen-bond acceptors (Lipinski definition) is 4. The number of nitrogens with two attached hydrogens (primary N) is 1. The Bertz CT molecular complexity index is 546. The summed E-state index contributed by atoms with van der Waals surface area (Å²) in [5, 5.41) is 6.61. The SMILES string of the molecule is Cc1cc(CNC(=O)c2ccc(CCN)cc2)no1. The highest BCUT2D eigenvalue weighted by Crippen LogP contribution is 2.06. The highest BCUT2D eigenvalue weighted by atomic mass is 16.5. The maximum absolute atomic E-state index is 11.9. The predicted molar refractivity (Wildman–Crippen MR) is 71.6 cm³/mol. The van der Waals surface area contributed by atoms with Crippen LogP contribution < -0.4 is 11.1 Å². The zero-order chi connectivity index (χ0) is 13.7. The molecule has 0 aliphatic carbocycles. The van der Waals surface area contributed by atoms with E-state index >= 15 is 0 Å². The van der Waals surface area contributed by atoms with E-state index in [4.69, 9.17) is 10.3 Å². The van der Waals surface area contributed by atoms with Crippen molar-refractivity contribution in [3.63, 3.8) is 0 Å². The monoisotopic (exact) mass is 259 g/mol. The highest BCUT2D eigenvalue weighted by Gasteiger charge is 2.06. The second-order valence-corrected chi connectivity index (χ2v) is 4.35. The molecule has 1 heterocycles. The van der Waals surface area contributed by atoms with Crippen molar-refractivity contribution in [3.05, 3.63) is 52.9 Å². The Labute approximate surface area is 111 Å². The standard InChI is InChI=1S/C14H17N3O2/c1-10-8-13(17-19-10)9-16-14(18)12-4-2-11(3-5-12)6-7-15/h2-5,8H,6-7,9,15H2,1H3,(H,16,18). The van der Waals surface area contributed by atoms with Gasteiger partial charge in [-0.15, -0.1) is 0 Å². The van der Waals surface area contributed by atoms with E-state index in [1.807, 2.05) is 19.1 Å². The van der Waals surface area contributed by atoms with E-state index in [-0.39, 0.29) is 5.91 Å². The zero-order valence-electron chi connectivity index (χ0n) is 10.8. The van der Waals surface area contributed by atoms with Crippen molar-refractivity contribution in [2.24, 2.45) is 5.73 Å². The topological polar surface area (TPSA) is 81.2 Å². The van der Waals surface area contributed by atoms with E-state index in [1.54, 1.807) is 18.2 Å². The molecule has 0 atom stereocenters. The van der Waals surface area contributed by atoms with Crippen molar-refractivity contribution in [2.45, 2.75) is 19.9 Å². The number of hydrogen-bond donors (Lipinski definition) is 2. The predicted octanol–water partition coefficient (Wildman–Crippen LogP) is 1.41. The molecule has 0 aliphatic rings. The van der Waals surface area contributed by atoms with Gasteiger partial charge in [-0.25, -0.2) is 0 Å². The Morgan fingerprint density at radius 1 is 1.37 bits per heavy atom. The second-order valence-electron chi connectivity index (χ2n) is 4.35. The van der Waals surface area contributed by atoms with Crippen molar-refractivity contribution >= 4 is 5.91 Å². The number of aromatic nitrogens is 1. The van der Waals surface area contributed by atoms with Crippen LogP contribution in [-0.2, 0) is 13.0 Å². The van der Waals surface area contributed by atoms with Crippen LogP contribution >= 0.6 is 0 Å². The summed E-state index contributed by atoms with van der Waals surface area (Å²) in [4.78, 5) is 11.9. The van der Waals surface area contributed by atoms with Gasteiger partial charge in [-0.2, -0.15) is 0 Å². The van der Waals surface area contributed by atoms with Gasteiger partial charge in [0.05, 0.1) is 6.54 Å². The minimum Gasteiger partial charge on any atom is -0.361 e. The summed E-state index contributed by atoms with van der Waals surface area (Å²) in [6.07, 6.45) is 0.820. The quantitative estimate of drug-likeness (QED) is 0.850. The zero-order valence-corrected chi connectivity index (χ0v) is 10.8. The molecular formula is C14H17N3O2. The number of nitrogens with one attached hydrogen (secondary N) is 1. The lowest BCUT2D eigenvalue weighted by atomic mass is 10.1. The third-order valence-corrected chi connectivity index (χ3v) is 2.76. The first-order valence-corrected chi connectivity index (χ1v) is 6.18. The molecule has 0 fully saturated rings. The summed E-state index contributed by atoms with van der Waals surface area (Å²) in [5.74, 6) is 0.607. The van der Waals surface area contributed by atoms with Crippen LogP contribution in [0.25, 0.3) is 0 Å². The molecule has 3 N–H and O–H groups in total. The van der Waals surface area contributed by atoms with Crippen LogP contribution in [0.15, 0.2) is 34.9 Å². The van der Waals surface area contributed by atoms with Gasteiger partial charge in [-0.1, -0.05) is 17.3 Å². The maximum atomic E-state index is 11.9. The Kier molecular flexibility index (Phi) is 4.30. The van der Waals surface area contributed by atoms with E-state index < -0.39 is 0 Å². The van der Waals surface area contributed by atoms with Crippen LogP contribution in [0.1, 0.15) is 27.4 Å². The summed E-state index contributed by atoms with van der Waals surface area (Å²) >= 11 is 0. The van der Waals surface area contributed by atoms with Gasteiger partial charge < -0.3 is 15.6 Å². The number of aryl methyl sites for hydroxylation is 1. The molecule has 2 rings (SSSR count). The number of amides is 1. The molecule has 5 nitrogen and oxygen atoms in total. The van der Waals surface area contributed by atoms with Crippen molar-refractivity contribution in [1.29, 1.82) is 0 Å². The number of carbonyl (C=O) groups excluding carboxylic acids is 1. The molecule has 0 saturated heterocycles. The number of carbonyl (C=O) groups is 1. The van der Waals surface area contributed by atoms with Crippen LogP contribution in [0.3, 0.4) is 0 Å². The van der Waals surface area contributed by atoms with Gasteiger partial charge in [-0.3, -0.25) is 4.79 Å². The average molecular weight is 259 g/mol. The molecule has 0 radical (unpaired) electrons. The molecule has 0 spiro atoms. The molecule has 0 saturated carbocycles. The van der Waals surface area contributed by atoms with Crippen molar-refractivity contribution in [1.82, 2.24) is 10.5 Å². The molecular weight excluding hydrogens is 242 g/mol. The molecule has 100 valence electrons. The largest absolute Gasteiger partial charge is 0.361 e. The van der Waals surface area contributed by atoms with Gasteiger partial charge in [0.1, 0.15) is 11.5 Å². The van der Waals surface area contributed by atoms with Gasteiger partial charge in [-0.05, 0) is 37.6 Å². The lowest BCUT2D eigenvalue weighted by molar-refractivity contribution is 0.0950. The molecule has 5 heteroatoms. The lowest BCUT2D eigenvalue weighted by Gasteiger charge is -2.04. The Morgan fingerprint density at radius 3 is 2.68 bits per heavy atom. The minimum absolute atomic E-state index is 0.125. The number of nitrogens with zero attached hydrogens (tertiary/aromatic N) is 1. The van der Waals surface area contributed by atoms with Crippen LogP contribution in [-0.4, -0.2) is 17.6 Å². The molecule has 19 heavy (non-hydrogen) atoms. The fourth-order valence-electron chi connectivity index (χ4n) is 1.76. The van der Waals surface area contributed by atoms with Gasteiger partial charge in [0.15, 0.2) is 0 Å². The first-order chi connectivity index (χ1) is 9.19. The molecule has 2 aromatic rings. The van der Waals surface area contributed by atoms with Crippen LogP contribution in [0, 0.1) is 6.92 Å². The minimum atomic E-state index is -0.125. The summed E-state index contributed by atoms with van der Waals surface area (Å²) < 4.78 is 4.93. The van der Waals surface area contributed by atoms with Crippen LogP contribution in [0.4, 0.5) is 0 Å². The van der Waals surface area contributed by atoms with Gasteiger partial charge in [0.2, 0.25) is 0 Å². The van der Waals surface area contributed by atoms with Crippen molar-refractivity contribution in [3.8, 4) is 0 Å². The third-order valence-electron chi connectivity index (χ3n) is 2.76. The molecule has 0 aliphatic heterocycles. The summed E-state index contributed by atoms with van der Waals surface area (Å²) in [5.41, 5.74) is 7.95. The molecule has 1 amide bonds. The van der Waals surface area contributed by atoms with Gasteiger partial charge in [0.25, 0.3) is 5.91 Å². The summed E-state index contributed by atoms with van der Waals surface area (Å²) in [6, 6.07) is 9.23. The van der Waals surface area contributed by atoms with Crippen LogP contribution in [0.2, 0.25) is 0 Å². The lowest BCUT2D eigenvalue weighted by Crippen LogP contribution is -2.22. The van der Waals surface area contributed by atoms with Gasteiger partial charge >= 0.3 is 0 Å². The van der Waals surface area contributed by atoms with Gasteiger partial charge in [0, 0.05) is 11.6 Å². The average Bonchev–Trinajstić information content (AvgIpc) is 2.83. The Hall–Kier alpha value is -2.14. The maximum Gasteiger partial charge on any atom is 0.251 e. The molecule has 1 aromatic heterocycles. The first kappa shape index (κ1) is 13.3. The Morgan fingerprint density at radius 2 is 2.11 bits per heavy atom. The van der Waals surface area contributed by atoms with E-state index in [9.17, 15) is 4.79 Å². The molecule has 0 bridgehead atoms. The fourth-order valence-corrected chi connectivity index (χ4v) is 1.76. The molecule has 0 unspecified atom stereocenters. The fraction of sp³-hybridized carbons (Fsp3) is 0.286. The Balaban J connectivity index is 1.92. The third kappa shape index (κ3) is 3.66. The van der Waals surface area contributed by atoms with E-state index in [1.165, 1.54) is 0 Å². The van der Waals surface area contributed by atoms with E-state index in [0.717, 1.165) is 17.7 Å². The number of rotatable bonds is 5. The van der Waals surface area contributed by atoms with Crippen molar-refractivity contribution in [2.75, 3.05) is 6.54 Å². The smallest absolute Gasteiger partial charge is 0.251 e. The van der Waals surface area contributed by atoms with E-state index in [2.05, 4.69) is 10.5 Å². The second kappa shape index (κ2) is 6.15. The summed E-state index contributed by atoms with van der Waals surface area (Å²) in [6.45, 7) is 2.78. The first-order valence-electron chi connectivity index (χ1n) is 6.18. The molecule has 1 aromatic carbocycles. The highest BCUT2D eigenvalue weighted by molar-refractivity contribution is 5.94.